The zero-order valence-electron chi connectivity index (χ0n) is 8.56. The number of carboxylic acid groups (broad SMARTS) is 1. The lowest BCUT2D eigenvalue weighted by molar-refractivity contribution is -0.139. The van der Waals surface area contributed by atoms with E-state index in [1.54, 1.807) is 12.1 Å². The Morgan fingerprint density at radius 1 is 1.62 bits per heavy atom. The largest absolute Gasteiger partial charge is 0.482 e. The summed E-state index contributed by atoms with van der Waals surface area (Å²) in [7, 11) is 1.86. The predicted molar refractivity (Wildman–Crippen MR) is 61.2 cm³/mol. The lowest BCUT2D eigenvalue weighted by Crippen LogP contribution is -2.09. The Kier molecular flexibility index (Phi) is 2.66. The van der Waals surface area contributed by atoms with Gasteiger partial charge in [0.25, 0.3) is 0 Å². The third-order valence-corrected chi connectivity index (χ3v) is 2.61. The highest BCUT2D eigenvalue weighted by Gasteiger charge is 2.04. The Morgan fingerprint density at radius 3 is 3.06 bits per heavy atom. The molecule has 0 bridgehead atoms. The number of aromatic nitrogens is 2. The number of carboxylic acids is 1. The highest BCUT2D eigenvalue weighted by molar-refractivity contribution is 7.71. The summed E-state index contributed by atoms with van der Waals surface area (Å²) in [4.78, 5) is 13.3. The summed E-state index contributed by atoms with van der Waals surface area (Å²) in [6.07, 6.45) is 0. The van der Waals surface area contributed by atoms with Gasteiger partial charge in [0.1, 0.15) is 5.75 Å². The van der Waals surface area contributed by atoms with Crippen LogP contribution in [-0.4, -0.2) is 27.2 Å². The van der Waals surface area contributed by atoms with Crippen molar-refractivity contribution in [3.63, 3.8) is 0 Å². The van der Waals surface area contributed by atoms with E-state index in [-0.39, 0.29) is 6.61 Å². The van der Waals surface area contributed by atoms with Crippen molar-refractivity contribution in [2.24, 2.45) is 7.05 Å². The number of aromatic amines is 1. The molecule has 84 valence electrons. The molecule has 5 nitrogen and oxygen atoms in total. The molecule has 0 aliphatic heterocycles. The number of nitrogens with one attached hydrogen (secondary N) is 1. The standard InChI is InChI=1S/C10H10N2O3S/c1-12-8-3-2-6(15-5-9(13)14)4-7(8)11-10(12)16/h2-4H,5H2,1H3,(H,11,16)(H,13,14). The number of carbonyl (C=O) groups is 1. The second kappa shape index (κ2) is 3.97. The van der Waals surface area contributed by atoms with Gasteiger partial charge in [-0.1, -0.05) is 0 Å². The minimum absolute atomic E-state index is 0.348. The number of aliphatic carboxylic acids is 1. The normalized spacial score (nSPS) is 10.6. The van der Waals surface area contributed by atoms with E-state index in [0.717, 1.165) is 11.0 Å². The molecule has 0 atom stereocenters. The number of aryl methyl sites for hydroxylation is 1. The molecule has 0 aliphatic rings. The molecule has 0 unspecified atom stereocenters. The first-order chi connectivity index (χ1) is 7.58. The first-order valence-corrected chi connectivity index (χ1v) is 5.02. The van der Waals surface area contributed by atoms with Crippen LogP contribution in [-0.2, 0) is 11.8 Å². The lowest BCUT2D eigenvalue weighted by atomic mass is 10.3. The summed E-state index contributed by atoms with van der Waals surface area (Å²) in [6, 6.07) is 5.28. The summed E-state index contributed by atoms with van der Waals surface area (Å²) in [6.45, 7) is -0.348. The van der Waals surface area contributed by atoms with E-state index in [2.05, 4.69) is 4.98 Å². The van der Waals surface area contributed by atoms with Crippen LogP contribution in [0.15, 0.2) is 18.2 Å². The molecule has 2 N–H and O–H groups in total. The number of benzene rings is 1. The van der Waals surface area contributed by atoms with Crippen molar-refractivity contribution in [3.8, 4) is 5.75 Å². The van der Waals surface area contributed by atoms with Crippen molar-refractivity contribution in [2.75, 3.05) is 6.61 Å². The van der Waals surface area contributed by atoms with Crippen LogP contribution in [0.1, 0.15) is 0 Å². The molecule has 1 heterocycles. The quantitative estimate of drug-likeness (QED) is 0.799. The smallest absolute Gasteiger partial charge is 0.341 e. The molecule has 6 heteroatoms. The Bertz CT molecular complexity index is 600. The summed E-state index contributed by atoms with van der Waals surface area (Å²) in [5, 5.41) is 8.48. The molecule has 0 amide bonds. The molecular formula is C10H10N2O3S. The zero-order chi connectivity index (χ0) is 11.7. The predicted octanol–water partition coefficient (Wildman–Crippen LogP) is 1.70. The molecule has 0 fully saturated rings. The Balaban J connectivity index is 2.37. The van der Waals surface area contributed by atoms with Gasteiger partial charge < -0.3 is 19.4 Å². The molecule has 16 heavy (non-hydrogen) atoms. The summed E-state index contributed by atoms with van der Waals surface area (Å²) >= 11 is 5.08. The number of rotatable bonds is 3. The molecule has 0 radical (unpaired) electrons. The van der Waals surface area contributed by atoms with E-state index in [4.69, 9.17) is 22.1 Å². The molecule has 2 rings (SSSR count). The molecule has 1 aromatic heterocycles. The van der Waals surface area contributed by atoms with Crippen molar-refractivity contribution in [3.05, 3.63) is 23.0 Å². The summed E-state index contributed by atoms with van der Waals surface area (Å²) in [5.41, 5.74) is 1.78. The van der Waals surface area contributed by atoms with Gasteiger partial charge in [0.2, 0.25) is 0 Å². The Labute approximate surface area is 96.3 Å². The van der Waals surface area contributed by atoms with Crippen LogP contribution in [0, 0.1) is 4.77 Å². The second-order valence-electron chi connectivity index (χ2n) is 3.35. The highest BCUT2D eigenvalue weighted by Crippen LogP contribution is 2.19. The Morgan fingerprint density at radius 2 is 2.38 bits per heavy atom. The second-order valence-corrected chi connectivity index (χ2v) is 3.74. The van der Waals surface area contributed by atoms with Crippen LogP contribution < -0.4 is 4.74 Å². The molecule has 2 aromatic rings. The van der Waals surface area contributed by atoms with Crippen LogP contribution in [0.2, 0.25) is 0 Å². The van der Waals surface area contributed by atoms with E-state index in [0.29, 0.717) is 10.5 Å². The zero-order valence-corrected chi connectivity index (χ0v) is 9.37. The van der Waals surface area contributed by atoms with Gasteiger partial charge in [0.05, 0.1) is 11.0 Å². The number of imidazole rings is 1. The maximum absolute atomic E-state index is 10.3. The average Bonchev–Trinajstić information content (AvgIpc) is 2.52. The summed E-state index contributed by atoms with van der Waals surface area (Å²) in [5.74, 6) is -0.493. The van der Waals surface area contributed by atoms with Gasteiger partial charge in [0, 0.05) is 13.1 Å². The topological polar surface area (TPSA) is 67.2 Å². The monoisotopic (exact) mass is 238 g/mol. The number of ether oxygens (including phenoxy) is 1. The SMILES string of the molecule is Cn1c(=S)[nH]c2cc(OCC(=O)O)ccc21. The third kappa shape index (κ3) is 1.92. The fourth-order valence-corrected chi connectivity index (χ4v) is 1.66. The maximum atomic E-state index is 10.3. The average molecular weight is 238 g/mol. The van der Waals surface area contributed by atoms with Gasteiger partial charge in [-0.3, -0.25) is 0 Å². The van der Waals surface area contributed by atoms with Crippen LogP contribution in [0.3, 0.4) is 0 Å². The molecule has 0 saturated heterocycles. The van der Waals surface area contributed by atoms with Crippen molar-refractivity contribution < 1.29 is 14.6 Å². The number of nitrogens with zero attached hydrogens (tertiary/aromatic N) is 1. The van der Waals surface area contributed by atoms with Gasteiger partial charge in [-0.15, -0.1) is 0 Å². The van der Waals surface area contributed by atoms with Crippen molar-refractivity contribution in [1.29, 1.82) is 0 Å². The summed E-state index contributed by atoms with van der Waals surface area (Å²) < 4.78 is 7.52. The number of H-pyrrole nitrogens is 1. The van der Waals surface area contributed by atoms with Crippen LogP contribution >= 0.6 is 12.2 Å². The van der Waals surface area contributed by atoms with E-state index >= 15 is 0 Å². The molecule has 0 aliphatic carbocycles. The first kappa shape index (κ1) is 10.7. The molecule has 1 aromatic carbocycles. The van der Waals surface area contributed by atoms with Crippen LogP contribution in [0.5, 0.6) is 5.75 Å². The van der Waals surface area contributed by atoms with Crippen molar-refractivity contribution in [2.45, 2.75) is 0 Å². The van der Waals surface area contributed by atoms with Gasteiger partial charge in [0.15, 0.2) is 11.4 Å². The van der Waals surface area contributed by atoms with Gasteiger partial charge >= 0.3 is 5.97 Å². The first-order valence-electron chi connectivity index (χ1n) is 4.61. The molecular weight excluding hydrogens is 228 g/mol. The third-order valence-electron chi connectivity index (χ3n) is 2.24. The van der Waals surface area contributed by atoms with Crippen LogP contribution in [0.4, 0.5) is 0 Å². The number of hydrogen-bond acceptors (Lipinski definition) is 3. The lowest BCUT2D eigenvalue weighted by Gasteiger charge is -2.02. The van der Waals surface area contributed by atoms with Crippen LogP contribution in [0.25, 0.3) is 11.0 Å². The molecule has 0 saturated carbocycles. The maximum Gasteiger partial charge on any atom is 0.341 e. The minimum atomic E-state index is -0.999. The van der Waals surface area contributed by atoms with Crippen molar-refractivity contribution >= 4 is 29.2 Å². The van der Waals surface area contributed by atoms with Gasteiger partial charge in [-0.25, -0.2) is 4.79 Å². The number of hydrogen-bond donors (Lipinski definition) is 2. The number of fused-ring (bicyclic) bond motifs is 1. The van der Waals surface area contributed by atoms with Crippen molar-refractivity contribution in [1.82, 2.24) is 9.55 Å². The van der Waals surface area contributed by atoms with Gasteiger partial charge in [-0.2, -0.15) is 0 Å². The fourth-order valence-electron chi connectivity index (χ4n) is 1.45. The van der Waals surface area contributed by atoms with E-state index in [1.165, 1.54) is 0 Å². The van der Waals surface area contributed by atoms with E-state index in [9.17, 15) is 4.79 Å². The highest BCUT2D eigenvalue weighted by atomic mass is 32.1. The fraction of sp³-hybridized carbons (Fsp3) is 0.200. The molecule has 0 spiro atoms. The van der Waals surface area contributed by atoms with Gasteiger partial charge in [-0.05, 0) is 24.4 Å². The van der Waals surface area contributed by atoms with E-state index in [1.807, 2.05) is 17.7 Å². The Hall–Kier alpha value is -1.82. The van der Waals surface area contributed by atoms with E-state index < -0.39 is 5.97 Å². The minimum Gasteiger partial charge on any atom is -0.482 e.